The maximum atomic E-state index is 4.31. The van der Waals surface area contributed by atoms with Crippen molar-refractivity contribution >= 4 is 12.4 Å². The summed E-state index contributed by atoms with van der Waals surface area (Å²) >= 11 is 0. The molecule has 1 aliphatic heterocycles. The Morgan fingerprint density at radius 3 is 2.69 bits per heavy atom. The Labute approximate surface area is 84.1 Å². The fourth-order valence-corrected chi connectivity index (χ4v) is 1.61. The molecule has 2 rings (SSSR count). The van der Waals surface area contributed by atoms with Crippen molar-refractivity contribution in [2.75, 3.05) is 13.1 Å². The van der Waals surface area contributed by atoms with Gasteiger partial charge in [-0.05, 0) is 32.9 Å². The molecule has 1 fully saturated rings. The van der Waals surface area contributed by atoms with Gasteiger partial charge in [-0.3, -0.25) is 0 Å². The molecule has 1 N–H and O–H groups in total. The molecule has 4 nitrogen and oxygen atoms in total. The first-order chi connectivity index (χ1) is 5.86. The molecule has 1 aromatic rings. The Morgan fingerprint density at radius 2 is 2.15 bits per heavy atom. The third kappa shape index (κ3) is 2.42. The quantitative estimate of drug-likeness (QED) is 0.737. The van der Waals surface area contributed by atoms with E-state index in [1.165, 1.54) is 12.8 Å². The number of nitrogens with zero attached hydrogens (tertiary/aromatic N) is 3. The van der Waals surface area contributed by atoms with E-state index in [0.29, 0.717) is 6.04 Å². The molecule has 0 spiro atoms. The average Bonchev–Trinajstić information content (AvgIpc) is 2.54. The summed E-state index contributed by atoms with van der Waals surface area (Å²) in [5.74, 6) is 0.869. The van der Waals surface area contributed by atoms with Crippen LogP contribution in [0.1, 0.15) is 24.7 Å². The van der Waals surface area contributed by atoms with E-state index in [-0.39, 0.29) is 12.4 Å². The SMILES string of the molecule is Cc1ncn(C2CCNCC2)n1.Cl. The topological polar surface area (TPSA) is 42.7 Å². The fourth-order valence-electron chi connectivity index (χ4n) is 1.61. The number of piperidine rings is 1. The van der Waals surface area contributed by atoms with E-state index < -0.39 is 0 Å². The standard InChI is InChI=1S/C8H14N4.ClH/c1-7-10-6-12(11-7)8-2-4-9-5-3-8;/h6,8-9H,2-5H2,1H3;1H. The van der Waals surface area contributed by atoms with Gasteiger partial charge in [-0.2, -0.15) is 5.10 Å². The Balaban J connectivity index is 0.000000845. The van der Waals surface area contributed by atoms with E-state index in [1.54, 1.807) is 0 Å². The second-order valence-electron chi connectivity index (χ2n) is 3.25. The summed E-state index contributed by atoms with van der Waals surface area (Å²) < 4.78 is 2.00. The fraction of sp³-hybridized carbons (Fsp3) is 0.750. The molecule has 0 bridgehead atoms. The molecule has 0 aliphatic carbocycles. The van der Waals surface area contributed by atoms with Crippen LogP contribution in [0.3, 0.4) is 0 Å². The van der Waals surface area contributed by atoms with Crippen molar-refractivity contribution in [1.82, 2.24) is 20.1 Å². The summed E-state index contributed by atoms with van der Waals surface area (Å²) in [6.45, 7) is 4.13. The van der Waals surface area contributed by atoms with Crippen LogP contribution in [-0.2, 0) is 0 Å². The van der Waals surface area contributed by atoms with Gasteiger partial charge < -0.3 is 5.32 Å². The monoisotopic (exact) mass is 202 g/mol. The van der Waals surface area contributed by atoms with Crippen molar-refractivity contribution in [3.63, 3.8) is 0 Å². The van der Waals surface area contributed by atoms with Crippen LogP contribution in [0.4, 0.5) is 0 Å². The summed E-state index contributed by atoms with van der Waals surface area (Å²) in [5.41, 5.74) is 0. The van der Waals surface area contributed by atoms with Gasteiger partial charge in [0.2, 0.25) is 0 Å². The van der Waals surface area contributed by atoms with Crippen LogP contribution >= 0.6 is 12.4 Å². The zero-order valence-electron chi connectivity index (χ0n) is 7.73. The summed E-state index contributed by atoms with van der Waals surface area (Å²) in [5, 5.41) is 7.64. The number of rotatable bonds is 1. The van der Waals surface area contributed by atoms with Crippen LogP contribution in [0.15, 0.2) is 6.33 Å². The second kappa shape index (κ2) is 4.58. The first-order valence-corrected chi connectivity index (χ1v) is 4.45. The Kier molecular flexibility index (Phi) is 3.69. The van der Waals surface area contributed by atoms with Gasteiger partial charge >= 0.3 is 0 Å². The van der Waals surface area contributed by atoms with Gasteiger partial charge in [-0.15, -0.1) is 12.4 Å². The summed E-state index contributed by atoms with van der Waals surface area (Å²) in [7, 11) is 0. The lowest BCUT2D eigenvalue weighted by Crippen LogP contribution is -2.29. The highest BCUT2D eigenvalue weighted by Crippen LogP contribution is 2.16. The lowest BCUT2D eigenvalue weighted by atomic mass is 10.1. The molecule has 0 unspecified atom stereocenters. The number of halogens is 1. The highest BCUT2D eigenvalue weighted by atomic mass is 35.5. The normalized spacial score (nSPS) is 18.2. The van der Waals surface area contributed by atoms with E-state index in [1.807, 2.05) is 17.9 Å². The van der Waals surface area contributed by atoms with Crippen LogP contribution in [0, 0.1) is 6.92 Å². The molecular weight excluding hydrogens is 188 g/mol. The Bertz CT molecular complexity index is 254. The first kappa shape index (κ1) is 10.5. The van der Waals surface area contributed by atoms with Gasteiger partial charge in [0, 0.05) is 0 Å². The van der Waals surface area contributed by atoms with Gasteiger partial charge in [0.15, 0.2) is 0 Å². The lowest BCUT2D eigenvalue weighted by molar-refractivity contribution is 0.341. The van der Waals surface area contributed by atoms with Crippen molar-refractivity contribution in [3.05, 3.63) is 12.2 Å². The molecule has 0 saturated carbocycles. The molecular formula is C8H15ClN4. The van der Waals surface area contributed by atoms with E-state index >= 15 is 0 Å². The summed E-state index contributed by atoms with van der Waals surface area (Å²) in [6.07, 6.45) is 4.18. The largest absolute Gasteiger partial charge is 0.317 e. The number of hydrogen-bond donors (Lipinski definition) is 1. The minimum absolute atomic E-state index is 0. The van der Waals surface area contributed by atoms with Crippen molar-refractivity contribution in [2.45, 2.75) is 25.8 Å². The van der Waals surface area contributed by atoms with Crippen molar-refractivity contribution in [3.8, 4) is 0 Å². The number of hydrogen-bond acceptors (Lipinski definition) is 3. The van der Waals surface area contributed by atoms with Gasteiger partial charge in [0.25, 0.3) is 0 Å². The van der Waals surface area contributed by atoms with E-state index in [0.717, 1.165) is 18.9 Å². The molecule has 5 heteroatoms. The van der Waals surface area contributed by atoms with Crippen LogP contribution < -0.4 is 5.32 Å². The van der Waals surface area contributed by atoms with Gasteiger partial charge in [0.05, 0.1) is 6.04 Å². The molecule has 0 amide bonds. The molecule has 0 radical (unpaired) electrons. The maximum absolute atomic E-state index is 4.31. The predicted octanol–water partition coefficient (Wildman–Crippen LogP) is 0.933. The maximum Gasteiger partial charge on any atom is 0.147 e. The zero-order valence-corrected chi connectivity index (χ0v) is 8.55. The van der Waals surface area contributed by atoms with Gasteiger partial charge in [-0.25, -0.2) is 9.67 Å². The highest BCUT2D eigenvalue weighted by Gasteiger charge is 2.15. The Hall–Kier alpha value is -0.610. The van der Waals surface area contributed by atoms with Crippen LogP contribution in [0.25, 0.3) is 0 Å². The van der Waals surface area contributed by atoms with Gasteiger partial charge in [-0.1, -0.05) is 0 Å². The minimum Gasteiger partial charge on any atom is -0.317 e. The Morgan fingerprint density at radius 1 is 1.46 bits per heavy atom. The molecule has 13 heavy (non-hydrogen) atoms. The molecule has 1 aliphatic rings. The third-order valence-corrected chi connectivity index (χ3v) is 2.31. The second-order valence-corrected chi connectivity index (χ2v) is 3.25. The first-order valence-electron chi connectivity index (χ1n) is 4.45. The lowest BCUT2D eigenvalue weighted by Gasteiger charge is -2.22. The van der Waals surface area contributed by atoms with Crippen LogP contribution in [0.2, 0.25) is 0 Å². The number of aryl methyl sites for hydroxylation is 1. The van der Waals surface area contributed by atoms with Crippen LogP contribution in [-0.4, -0.2) is 27.9 Å². The summed E-state index contributed by atoms with van der Waals surface area (Å²) in [6, 6.07) is 0.562. The van der Waals surface area contributed by atoms with Crippen molar-refractivity contribution in [2.24, 2.45) is 0 Å². The minimum atomic E-state index is 0. The molecule has 0 aromatic carbocycles. The number of nitrogens with one attached hydrogen (secondary N) is 1. The molecule has 0 atom stereocenters. The molecule has 74 valence electrons. The van der Waals surface area contributed by atoms with Gasteiger partial charge in [0.1, 0.15) is 12.2 Å². The highest BCUT2D eigenvalue weighted by molar-refractivity contribution is 5.85. The smallest absolute Gasteiger partial charge is 0.147 e. The number of aromatic nitrogens is 3. The average molecular weight is 203 g/mol. The van der Waals surface area contributed by atoms with Crippen molar-refractivity contribution < 1.29 is 0 Å². The van der Waals surface area contributed by atoms with E-state index in [4.69, 9.17) is 0 Å². The third-order valence-electron chi connectivity index (χ3n) is 2.31. The summed E-state index contributed by atoms with van der Waals surface area (Å²) in [4.78, 5) is 4.12. The molecule has 1 aromatic heterocycles. The predicted molar refractivity (Wildman–Crippen MR) is 53.1 cm³/mol. The van der Waals surface area contributed by atoms with Crippen LogP contribution in [0.5, 0.6) is 0 Å². The van der Waals surface area contributed by atoms with E-state index in [9.17, 15) is 0 Å². The van der Waals surface area contributed by atoms with E-state index in [2.05, 4.69) is 15.4 Å². The zero-order chi connectivity index (χ0) is 8.39. The van der Waals surface area contributed by atoms with Crippen molar-refractivity contribution in [1.29, 1.82) is 0 Å². The molecule has 2 heterocycles. The molecule has 1 saturated heterocycles.